The molecule has 3 atom stereocenters. The summed E-state index contributed by atoms with van der Waals surface area (Å²) >= 11 is 6.28. The Hall–Kier alpha value is -3.05. The first kappa shape index (κ1) is 27.8. The Bertz CT molecular complexity index is 1530. The van der Waals surface area contributed by atoms with E-state index in [1.807, 2.05) is 30.3 Å². The molecule has 2 bridgehead atoms. The van der Waals surface area contributed by atoms with Crippen molar-refractivity contribution < 1.29 is 9.84 Å². The predicted molar refractivity (Wildman–Crippen MR) is 167 cm³/mol. The van der Waals surface area contributed by atoms with Crippen LogP contribution >= 0.6 is 11.6 Å². The summed E-state index contributed by atoms with van der Waals surface area (Å²) in [4.78, 5) is 9.92. The lowest BCUT2D eigenvalue weighted by atomic mass is 9.83. The van der Waals surface area contributed by atoms with Crippen LogP contribution in [0.1, 0.15) is 73.2 Å². The SMILES string of the molecule is CN1CCCC1(CCCl)COc1nc(C2CC3CCC(C2)N3)c2c(c1C#N)CN(c1cc(O)cc3ccccc13)CC2. The molecule has 3 saturated heterocycles. The summed E-state index contributed by atoms with van der Waals surface area (Å²) in [6.45, 7) is 2.90. The number of rotatable bonds is 7. The molecule has 3 unspecified atom stereocenters. The minimum Gasteiger partial charge on any atom is -0.508 e. The van der Waals surface area contributed by atoms with E-state index in [1.165, 1.54) is 18.4 Å². The number of likely N-dealkylation sites (tertiary alicyclic amines) is 1. The highest BCUT2D eigenvalue weighted by molar-refractivity contribution is 6.17. The van der Waals surface area contributed by atoms with E-state index in [-0.39, 0.29) is 11.3 Å². The number of nitrogens with zero attached hydrogens (tertiary/aromatic N) is 4. The highest BCUT2D eigenvalue weighted by Gasteiger charge is 2.41. The van der Waals surface area contributed by atoms with Crippen LogP contribution in [0.15, 0.2) is 36.4 Å². The third kappa shape index (κ3) is 4.88. The molecule has 7 nitrogen and oxygen atoms in total. The number of benzene rings is 2. The molecule has 3 aromatic rings. The summed E-state index contributed by atoms with van der Waals surface area (Å²) in [5.74, 6) is 1.68. The van der Waals surface area contributed by atoms with E-state index < -0.39 is 0 Å². The molecule has 0 aliphatic carbocycles. The van der Waals surface area contributed by atoms with E-state index in [1.54, 1.807) is 0 Å². The number of piperidine rings is 1. The number of alkyl halides is 1. The van der Waals surface area contributed by atoms with Gasteiger partial charge in [0, 0.05) is 54.1 Å². The molecule has 8 heteroatoms. The molecular formula is C34H40ClN5O2. The highest BCUT2D eigenvalue weighted by atomic mass is 35.5. The van der Waals surface area contributed by atoms with Gasteiger partial charge in [-0.05, 0) is 87.5 Å². The van der Waals surface area contributed by atoms with E-state index in [0.29, 0.717) is 48.5 Å². The van der Waals surface area contributed by atoms with Crippen molar-refractivity contribution in [2.45, 2.75) is 81.5 Å². The fraction of sp³-hybridized carbons (Fsp3) is 0.529. The molecule has 0 radical (unpaired) electrons. The topological polar surface area (TPSA) is 84.7 Å². The third-order valence-corrected chi connectivity index (χ3v) is 10.7. The van der Waals surface area contributed by atoms with Crippen molar-refractivity contribution in [1.29, 1.82) is 5.26 Å². The molecule has 4 aliphatic rings. The van der Waals surface area contributed by atoms with Gasteiger partial charge in [0.05, 0.1) is 11.2 Å². The van der Waals surface area contributed by atoms with Gasteiger partial charge < -0.3 is 20.1 Å². The number of aromatic nitrogens is 1. The van der Waals surface area contributed by atoms with Gasteiger partial charge in [0.15, 0.2) is 0 Å². The lowest BCUT2D eigenvalue weighted by Crippen LogP contribution is -2.47. The first-order chi connectivity index (χ1) is 20.5. The van der Waals surface area contributed by atoms with Gasteiger partial charge in [0.25, 0.3) is 0 Å². The number of fused-ring (bicyclic) bond motifs is 4. The van der Waals surface area contributed by atoms with Gasteiger partial charge in [0.2, 0.25) is 5.88 Å². The number of aromatic hydroxyl groups is 1. The van der Waals surface area contributed by atoms with Crippen molar-refractivity contribution in [3.8, 4) is 17.7 Å². The molecular weight excluding hydrogens is 546 g/mol. The molecule has 2 N–H and O–H groups in total. The molecule has 220 valence electrons. The monoisotopic (exact) mass is 585 g/mol. The number of phenolic OH excluding ortho intramolecular Hbond substituents is 1. The standard InChI is InChI=1S/C34H40ClN5O2/c1-39-13-4-10-34(39,11-12-35)21-42-33-29(19-36)30-20-40(31-18-26(41)17-22-5-2-3-6-27(22)31)14-9-28(30)32(38-33)23-15-24-7-8-25(16-23)37-24/h2-3,5-6,17-18,23-25,37,41H,4,7-16,20-21H2,1H3. The average molecular weight is 586 g/mol. The van der Waals surface area contributed by atoms with Crippen LogP contribution in [0.25, 0.3) is 10.8 Å². The Morgan fingerprint density at radius 3 is 2.71 bits per heavy atom. The maximum Gasteiger partial charge on any atom is 0.232 e. The molecule has 7 rings (SSSR count). The van der Waals surface area contributed by atoms with Crippen molar-refractivity contribution in [3.05, 3.63) is 58.8 Å². The number of nitrogens with one attached hydrogen (secondary N) is 1. The lowest BCUT2D eigenvalue weighted by Gasteiger charge is -2.37. The van der Waals surface area contributed by atoms with Gasteiger partial charge in [-0.2, -0.15) is 5.26 Å². The molecule has 1 aromatic heterocycles. The molecule has 42 heavy (non-hydrogen) atoms. The summed E-state index contributed by atoms with van der Waals surface area (Å²) in [7, 11) is 2.15. The Morgan fingerprint density at radius 2 is 1.98 bits per heavy atom. The number of anilines is 1. The maximum atomic E-state index is 10.6. The predicted octanol–water partition coefficient (Wildman–Crippen LogP) is 5.84. The van der Waals surface area contributed by atoms with E-state index in [9.17, 15) is 10.4 Å². The number of likely N-dealkylation sites (N-methyl/N-ethyl adjacent to an activating group) is 1. The van der Waals surface area contributed by atoms with Crippen molar-refractivity contribution >= 4 is 28.1 Å². The summed E-state index contributed by atoms with van der Waals surface area (Å²) in [6, 6.07) is 15.5. The maximum absolute atomic E-state index is 10.6. The summed E-state index contributed by atoms with van der Waals surface area (Å²) < 4.78 is 6.63. The van der Waals surface area contributed by atoms with Crippen LogP contribution in [0.3, 0.4) is 0 Å². The molecule has 2 aromatic carbocycles. The lowest BCUT2D eigenvalue weighted by molar-refractivity contribution is 0.0908. The smallest absolute Gasteiger partial charge is 0.232 e. The molecule has 0 amide bonds. The second kappa shape index (κ2) is 11.2. The number of phenols is 1. The quantitative estimate of drug-likeness (QED) is 0.337. The van der Waals surface area contributed by atoms with Crippen LogP contribution in [0.2, 0.25) is 0 Å². The zero-order valence-corrected chi connectivity index (χ0v) is 25.2. The van der Waals surface area contributed by atoms with Gasteiger partial charge in [-0.3, -0.25) is 4.90 Å². The Labute approximate surface area is 253 Å². The zero-order chi connectivity index (χ0) is 28.8. The summed E-state index contributed by atoms with van der Waals surface area (Å²) in [5.41, 5.74) is 4.83. The number of hydrogen-bond acceptors (Lipinski definition) is 7. The van der Waals surface area contributed by atoms with E-state index >= 15 is 0 Å². The minimum absolute atomic E-state index is 0.132. The van der Waals surface area contributed by atoms with Crippen LogP contribution in [0.4, 0.5) is 5.69 Å². The largest absolute Gasteiger partial charge is 0.508 e. The Balaban J connectivity index is 1.30. The third-order valence-electron chi connectivity index (χ3n) is 10.5. The zero-order valence-electron chi connectivity index (χ0n) is 24.4. The number of pyridine rings is 1. The van der Waals surface area contributed by atoms with E-state index in [2.05, 4.69) is 34.3 Å². The van der Waals surface area contributed by atoms with Gasteiger partial charge in [-0.1, -0.05) is 24.3 Å². The molecule has 0 spiro atoms. The second-order valence-corrected chi connectivity index (χ2v) is 13.3. The van der Waals surface area contributed by atoms with Gasteiger partial charge in [-0.15, -0.1) is 11.6 Å². The van der Waals surface area contributed by atoms with Crippen molar-refractivity contribution in [3.63, 3.8) is 0 Å². The van der Waals surface area contributed by atoms with Crippen LogP contribution in [-0.4, -0.2) is 65.2 Å². The van der Waals surface area contributed by atoms with Crippen molar-refractivity contribution in [2.24, 2.45) is 0 Å². The number of ether oxygens (including phenoxy) is 1. The Kier molecular flexibility index (Phi) is 7.42. The minimum atomic E-state index is -0.132. The van der Waals surface area contributed by atoms with E-state index in [0.717, 1.165) is 79.3 Å². The molecule has 0 saturated carbocycles. The Morgan fingerprint density at radius 1 is 1.17 bits per heavy atom. The van der Waals surface area contributed by atoms with Crippen molar-refractivity contribution in [2.75, 3.05) is 37.5 Å². The first-order valence-corrected chi connectivity index (χ1v) is 16.1. The van der Waals surface area contributed by atoms with Gasteiger partial charge in [0.1, 0.15) is 24.0 Å². The fourth-order valence-electron chi connectivity index (χ4n) is 8.24. The molecule has 4 aliphatic heterocycles. The number of nitriles is 1. The molecule has 3 fully saturated rings. The van der Waals surface area contributed by atoms with E-state index in [4.69, 9.17) is 21.3 Å². The van der Waals surface area contributed by atoms with Crippen LogP contribution in [0.5, 0.6) is 11.6 Å². The molecule has 5 heterocycles. The van der Waals surface area contributed by atoms with Crippen molar-refractivity contribution in [1.82, 2.24) is 15.2 Å². The number of halogens is 1. The van der Waals surface area contributed by atoms with Crippen LogP contribution in [0, 0.1) is 11.3 Å². The van der Waals surface area contributed by atoms with Gasteiger partial charge >= 0.3 is 0 Å². The second-order valence-electron chi connectivity index (χ2n) is 12.9. The summed E-state index contributed by atoms with van der Waals surface area (Å²) in [6.07, 6.45) is 8.45. The summed E-state index contributed by atoms with van der Waals surface area (Å²) in [5, 5.41) is 27.1. The fourth-order valence-corrected chi connectivity index (χ4v) is 8.59. The average Bonchev–Trinajstić information content (AvgIpc) is 3.54. The first-order valence-electron chi connectivity index (χ1n) is 15.6. The van der Waals surface area contributed by atoms with Crippen LogP contribution in [-0.2, 0) is 13.0 Å². The van der Waals surface area contributed by atoms with Crippen LogP contribution < -0.4 is 15.0 Å². The number of hydrogen-bond donors (Lipinski definition) is 2. The van der Waals surface area contributed by atoms with Gasteiger partial charge in [-0.25, -0.2) is 4.98 Å². The normalized spacial score (nSPS) is 27.3. The highest BCUT2D eigenvalue weighted by Crippen LogP contribution is 2.43.